The van der Waals surface area contributed by atoms with E-state index in [-0.39, 0.29) is 19.2 Å². The molecule has 2 N–H and O–H groups in total. The topological polar surface area (TPSA) is 70.0 Å². The molecule has 2 aromatic rings. The lowest BCUT2D eigenvalue weighted by molar-refractivity contribution is 0.0535. The third-order valence-corrected chi connectivity index (χ3v) is 4.66. The number of nitrogens with zero attached hydrogens (tertiary/aromatic N) is 1. The second-order valence-electron chi connectivity index (χ2n) is 6.34. The normalized spacial score (nSPS) is 14.5. The van der Waals surface area contributed by atoms with Gasteiger partial charge in [-0.05, 0) is 29.7 Å². The van der Waals surface area contributed by atoms with Gasteiger partial charge >= 0.3 is 5.97 Å². The lowest BCUT2D eigenvalue weighted by Gasteiger charge is -2.25. The first-order valence-electron chi connectivity index (χ1n) is 8.45. The van der Waals surface area contributed by atoms with Crippen molar-refractivity contribution in [1.29, 1.82) is 0 Å². The van der Waals surface area contributed by atoms with Gasteiger partial charge in [-0.25, -0.2) is 4.79 Å². The largest absolute Gasteiger partial charge is 0.457 e. The minimum Gasteiger partial charge on any atom is -0.457 e. The molecule has 1 aliphatic rings. The fraction of sp³-hybridized carbons (Fsp3) is 0.350. The van der Waals surface area contributed by atoms with Gasteiger partial charge in [0.25, 0.3) is 0 Å². The molecule has 1 heterocycles. The molecule has 1 aliphatic heterocycles. The molecule has 5 nitrogen and oxygen atoms in total. The molecular weight excluding hydrogens is 318 g/mol. The Morgan fingerprint density at radius 1 is 1.20 bits per heavy atom. The predicted molar refractivity (Wildman–Crippen MR) is 94.1 cm³/mol. The Bertz CT molecular complexity index is 745. The Kier molecular flexibility index (Phi) is 5.48. The van der Waals surface area contributed by atoms with Crippen LogP contribution in [-0.4, -0.2) is 40.8 Å². The van der Waals surface area contributed by atoms with Crippen LogP contribution in [0.4, 0.5) is 0 Å². The Morgan fingerprint density at radius 2 is 1.96 bits per heavy atom. The summed E-state index contributed by atoms with van der Waals surface area (Å²) in [6.07, 6.45) is -0.698. The van der Waals surface area contributed by atoms with E-state index >= 15 is 0 Å². The lowest BCUT2D eigenvalue weighted by Crippen LogP contribution is -2.31. The van der Waals surface area contributed by atoms with Gasteiger partial charge in [0.15, 0.2) is 0 Å². The molecule has 5 heteroatoms. The molecule has 2 aromatic carbocycles. The maximum absolute atomic E-state index is 11.6. The van der Waals surface area contributed by atoms with Gasteiger partial charge in [0.05, 0.1) is 18.3 Å². The molecular formula is C20H23NO4. The molecule has 0 spiro atoms. The number of cyclic esters (lactones) is 1. The molecule has 0 saturated carbocycles. The fourth-order valence-corrected chi connectivity index (χ4v) is 3.29. The Labute approximate surface area is 147 Å². The van der Waals surface area contributed by atoms with Crippen molar-refractivity contribution >= 4 is 5.97 Å². The molecule has 0 bridgehead atoms. The summed E-state index contributed by atoms with van der Waals surface area (Å²) in [7, 11) is 0. The van der Waals surface area contributed by atoms with Crippen LogP contribution in [0.5, 0.6) is 0 Å². The summed E-state index contributed by atoms with van der Waals surface area (Å²) in [6.45, 7) is 3.76. The molecule has 0 aliphatic carbocycles. The van der Waals surface area contributed by atoms with Crippen LogP contribution >= 0.6 is 0 Å². The fourth-order valence-electron chi connectivity index (χ4n) is 3.29. The summed E-state index contributed by atoms with van der Waals surface area (Å²) in [4.78, 5) is 13.7. The van der Waals surface area contributed by atoms with Crippen molar-refractivity contribution in [2.24, 2.45) is 0 Å². The van der Waals surface area contributed by atoms with Gasteiger partial charge in [-0.3, -0.25) is 4.90 Å². The number of hydrogen-bond donors (Lipinski definition) is 2. The first kappa shape index (κ1) is 17.6. The number of carbonyl (C=O) groups excluding carboxylic acids is 1. The number of esters is 1. The van der Waals surface area contributed by atoms with Gasteiger partial charge in [-0.2, -0.15) is 0 Å². The Hall–Kier alpha value is -2.21. The van der Waals surface area contributed by atoms with Gasteiger partial charge in [-0.15, -0.1) is 0 Å². The zero-order chi connectivity index (χ0) is 17.8. The average Bonchev–Trinajstić information content (AvgIpc) is 2.98. The summed E-state index contributed by atoms with van der Waals surface area (Å²) in [5.41, 5.74) is 4.28. The molecule has 0 saturated heterocycles. The van der Waals surface area contributed by atoms with Crippen molar-refractivity contribution in [3.63, 3.8) is 0 Å². The van der Waals surface area contributed by atoms with Crippen molar-refractivity contribution in [2.45, 2.75) is 26.2 Å². The van der Waals surface area contributed by atoms with E-state index in [0.29, 0.717) is 25.2 Å². The highest BCUT2D eigenvalue weighted by atomic mass is 16.5. The molecule has 3 rings (SSSR count). The highest BCUT2D eigenvalue weighted by Gasteiger charge is 2.26. The third-order valence-electron chi connectivity index (χ3n) is 4.66. The number of aliphatic hydroxyl groups excluding tert-OH is 2. The van der Waals surface area contributed by atoms with Crippen LogP contribution in [0.1, 0.15) is 38.7 Å². The molecule has 25 heavy (non-hydrogen) atoms. The van der Waals surface area contributed by atoms with Crippen LogP contribution < -0.4 is 0 Å². The first-order valence-corrected chi connectivity index (χ1v) is 8.45. The summed E-state index contributed by atoms with van der Waals surface area (Å²) in [5.74, 6) is -0.301. The molecule has 132 valence electrons. The number of aliphatic hydroxyl groups is 2. The second-order valence-corrected chi connectivity index (χ2v) is 6.34. The summed E-state index contributed by atoms with van der Waals surface area (Å²) >= 11 is 0. The van der Waals surface area contributed by atoms with Crippen molar-refractivity contribution < 1.29 is 19.7 Å². The van der Waals surface area contributed by atoms with Crippen LogP contribution in [0.15, 0.2) is 42.5 Å². The summed E-state index contributed by atoms with van der Waals surface area (Å²) in [6, 6.07) is 13.5. The lowest BCUT2D eigenvalue weighted by atomic mass is 9.95. The van der Waals surface area contributed by atoms with Gasteiger partial charge in [0.2, 0.25) is 0 Å². The van der Waals surface area contributed by atoms with Gasteiger partial charge in [0, 0.05) is 25.2 Å². The van der Waals surface area contributed by atoms with Crippen molar-refractivity contribution in [1.82, 2.24) is 4.90 Å². The zero-order valence-electron chi connectivity index (χ0n) is 14.3. The standard InChI is InChI=1S/C20H23NO4/c1-14-16(7-8-17-18(14)13-25-20(17)24)19(23)12-21(9-10-22)11-15-5-3-2-4-6-15/h2-8,19,22-23H,9-13H2,1H3. The van der Waals surface area contributed by atoms with E-state index in [0.717, 1.165) is 22.3 Å². The summed E-state index contributed by atoms with van der Waals surface area (Å²) in [5, 5.41) is 20.1. The van der Waals surface area contributed by atoms with E-state index in [1.807, 2.05) is 42.2 Å². The third kappa shape index (κ3) is 3.90. The smallest absolute Gasteiger partial charge is 0.338 e. The highest BCUT2D eigenvalue weighted by Crippen LogP contribution is 2.29. The summed E-state index contributed by atoms with van der Waals surface area (Å²) < 4.78 is 5.07. The van der Waals surface area contributed by atoms with E-state index < -0.39 is 6.10 Å². The molecule has 1 atom stereocenters. The number of fused-ring (bicyclic) bond motifs is 1. The highest BCUT2D eigenvalue weighted by molar-refractivity contribution is 5.93. The minimum absolute atomic E-state index is 0.0328. The van der Waals surface area contributed by atoms with Crippen LogP contribution in [0.2, 0.25) is 0 Å². The second kappa shape index (κ2) is 7.78. The average molecular weight is 341 g/mol. The predicted octanol–water partition coefficient (Wildman–Crippen LogP) is 2.19. The van der Waals surface area contributed by atoms with E-state index in [1.54, 1.807) is 12.1 Å². The SMILES string of the molecule is Cc1c(C(O)CN(CCO)Cc2ccccc2)ccc2c1COC2=O. The number of carbonyl (C=O) groups is 1. The molecule has 0 aromatic heterocycles. The number of rotatable bonds is 7. The van der Waals surface area contributed by atoms with Crippen molar-refractivity contribution in [3.8, 4) is 0 Å². The Morgan fingerprint density at radius 3 is 2.68 bits per heavy atom. The maximum Gasteiger partial charge on any atom is 0.338 e. The minimum atomic E-state index is -0.698. The van der Waals surface area contributed by atoms with Gasteiger partial charge in [0.1, 0.15) is 6.61 Å². The van der Waals surface area contributed by atoms with E-state index in [9.17, 15) is 15.0 Å². The maximum atomic E-state index is 11.6. The monoisotopic (exact) mass is 341 g/mol. The van der Waals surface area contributed by atoms with E-state index in [1.165, 1.54) is 0 Å². The number of ether oxygens (including phenoxy) is 1. The Balaban J connectivity index is 1.75. The molecule has 0 fully saturated rings. The first-order chi connectivity index (χ1) is 12.1. The molecule has 0 amide bonds. The van der Waals surface area contributed by atoms with Crippen LogP contribution in [-0.2, 0) is 17.9 Å². The van der Waals surface area contributed by atoms with Crippen LogP contribution in [0.25, 0.3) is 0 Å². The van der Waals surface area contributed by atoms with E-state index in [2.05, 4.69) is 0 Å². The zero-order valence-corrected chi connectivity index (χ0v) is 14.3. The number of benzene rings is 2. The van der Waals surface area contributed by atoms with Crippen molar-refractivity contribution in [3.05, 3.63) is 70.3 Å². The quantitative estimate of drug-likeness (QED) is 0.756. The van der Waals surface area contributed by atoms with Crippen molar-refractivity contribution in [2.75, 3.05) is 19.7 Å². The van der Waals surface area contributed by atoms with Crippen LogP contribution in [0, 0.1) is 6.92 Å². The van der Waals surface area contributed by atoms with Crippen LogP contribution in [0.3, 0.4) is 0 Å². The molecule has 1 unspecified atom stereocenters. The van der Waals surface area contributed by atoms with Gasteiger partial charge < -0.3 is 14.9 Å². The van der Waals surface area contributed by atoms with E-state index in [4.69, 9.17) is 4.74 Å². The number of hydrogen-bond acceptors (Lipinski definition) is 5. The van der Waals surface area contributed by atoms with Gasteiger partial charge in [-0.1, -0.05) is 36.4 Å². The molecule has 0 radical (unpaired) electrons.